The molecule has 0 saturated carbocycles. The van der Waals surface area contributed by atoms with Crippen molar-refractivity contribution in [1.82, 2.24) is 0 Å². The van der Waals surface area contributed by atoms with Gasteiger partial charge < -0.3 is 28.8 Å². The van der Waals surface area contributed by atoms with E-state index in [9.17, 15) is 9.90 Å². The quantitative estimate of drug-likeness (QED) is 0.350. The number of aliphatic hydroxyl groups excluding tert-OH is 1. The number of hydrogen-bond acceptors (Lipinski definition) is 7. The number of aliphatic hydroxyl groups is 1. The van der Waals surface area contributed by atoms with Crippen molar-refractivity contribution in [1.29, 1.82) is 0 Å². The van der Waals surface area contributed by atoms with E-state index in [1.54, 1.807) is 7.11 Å². The van der Waals surface area contributed by atoms with Crippen LogP contribution in [0.25, 0.3) is 0 Å². The summed E-state index contributed by atoms with van der Waals surface area (Å²) in [5, 5.41) is 10.8. The molecule has 36 heavy (non-hydrogen) atoms. The maximum absolute atomic E-state index is 13.0. The van der Waals surface area contributed by atoms with Gasteiger partial charge in [0.05, 0.1) is 43.5 Å². The number of methoxy groups -OCH3 is 1. The minimum Gasteiger partial charge on any atom is -0.459 e. The van der Waals surface area contributed by atoms with Gasteiger partial charge in [0.2, 0.25) is 0 Å². The Kier molecular flexibility index (Phi) is 9.58. The normalized spacial score (nSPS) is 39.3. The van der Waals surface area contributed by atoms with Gasteiger partial charge in [0.25, 0.3) is 0 Å². The van der Waals surface area contributed by atoms with Crippen LogP contribution in [0, 0.1) is 5.92 Å². The second-order valence-electron chi connectivity index (χ2n) is 10.8. The van der Waals surface area contributed by atoms with Gasteiger partial charge in [-0.1, -0.05) is 55.0 Å². The molecule has 0 aromatic carbocycles. The highest BCUT2D eigenvalue weighted by Gasteiger charge is 2.47. The maximum atomic E-state index is 13.0. The average molecular weight is 503 g/mol. The summed E-state index contributed by atoms with van der Waals surface area (Å²) in [7, 11) is 1.61. The van der Waals surface area contributed by atoms with Gasteiger partial charge in [-0.2, -0.15) is 0 Å². The number of hydrogen-bond donors (Lipinski definition) is 1. The number of epoxide rings is 1. The van der Waals surface area contributed by atoms with Gasteiger partial charge in [0, 0.05) is 13.5 Å². The summed E-state index contributed by atoms with van der Waals surface area (Å²) in [4.78, 5) is 13.0. The van der Waals surface area contributed by atoms with Crippen LogP contribution < -0.4 is 0 Å². The number of ether oxygens (including phenoxy) is 5. The van der Waals surface area contributed by atoms with Crippen LogP contribution in [0.3, 0.4) is 0 Å². The molecule has 7 heteroatoms. The first-order valence-electron chi connectivity index (χ1n) is 13.3. The van der Waals surface area contributed by atoms with Crippen molar-refractivity contribution in [3.63, 3.8) is 0 Å². The molecule has 2 saturated heterocycles. The van der Waals surface area contributed by atoms with Crippen LogP contribution in [0.4, 0.5) is 0 Å². The van der Waals surface area contributed by atoms with E-state index in [0.717, 1.165) is 31.3 Å². The van der Waals surface area contributed by atoms with Gasteiger partial charge in [0.1, 0.15) is 18.3 Å². The fourth-order valence-corrected chi connectivity index (χ4v) is 5.55. The molecule has 4 heterocycles. The first-order valence-corrected chi connectivity index (χ1v) is 13.3. The van der Waals surface area contributed by atoms with E-state index in [1.807, 2.05) is 18.2 Å². The number of rotatable bonds is 4. The van der Waals surface area contributed by atoms with Crippen molar-refractivity contribution < 1.29 is 33.6 Å². The van der Waals surface area contributed by atoms with E-state index in [4.69, 9.17) is 23.7 Å². The lowest BCUT2D eigenvalue weighted by Crippen LogP contribution is -2.36. The maximum Gasteiger partial charge on any atom is 0.309 e. The Bertz CT molecular complexity index is 862. The molecular formula is C29H42O7. The van der Waals surface area contributed by atoms with Gasteiger partial charge in [-0.3, -0.25) is 4.79 Å². The Morgan fingerprint density at radius 3 is 2.81 bits per heavy atom. The van der Waals surface area contributed by atoms with Crippen molar-refractivity contribution in [2.24, 2.45) is 5.92 Å². The summed E-state index contributed by atoms with van der Waals surface area (Å²) in [5.41, 5.74) is 2.32. The number of carbonyl (C=O) groups excluding carboxylic acids is 1. The van der Waals surface area contributed by atoms with Crippen molar-refractivity contribution in [2.45, 2.75) is 108 Å². The zero-order valence-electron chi connectivity index (χ0n) is 21.8. The molecule has 0 aromatic rings. The number of cyclic esters (lactones) is 1. The molecule has 2 fully saturated rings. The fourth-order valence-electron chi connectivity index (χ4n) is 5.55. The largest absolute Gasteiger partial charge is 0.459 e. The van der Waals surface area contributed by atoms with Crippen LogP contribution in [-0.2, 0) is 28.5 Å². The summed E-state index contributed by atoms with van der Waals surface area (Å²) < 4.78 is 29.6. The van der Waals surface area contributed by atoms with Crippen molar-refractivity contribution in [3.05, 3.63) is 48.1 Å². The highest BCUT2D eigenvalue weighted by Crippen LogP contribution is 2.35. The van der Waals surface area contributed by atoms with E-state index in [-0.39, 0.29) is 42.9 Å². The zero-order valence-corrected chi connectivity index (χ0v) is 21.8. The summed E-state index contributed by atoms with van der Waals surface area (Å²) in [6, 6.07) is 0. The second-order valence-corrected chi connectivity index (χ2v) is 10.8. The standard InChI is InChI=1S/C29H42O7/c1-18-10-11-33-21(13-18)8-9-25(32-4)26-17-27-29(36-27)24(30)15-20(3)12-19(2)14-22-6-5-7-23(34-22)16-28(31)35-26/h5,7-10,19,21-27,29-30H,3,6,11-17H2,1-2,4H3/b9-8+/t19-,21+,22-,23-,24-,25-,26-,27-,29-/m0/s1. The predicted octanol–water partition coefficient (Wildman–Crippen LogP) is 4.20. The topological polar surface area (TPSA) is 86.8 Å². The Balaban J connectivity index is 1.48. The lowest BCUT2D eigenvalue weighted by Gasteiger charge is -2.29. The van der Waals surface area contributed by atoms with Crippen molar-refractivity contribution in [2.75, 3.05) is 13.7 Å². The first-order chi connectivity index (χ1) is 17.3. The Hall–Kier alpha value is -1.77. The molecule has 0 radical (unpaired) electrons. The lowest BCUT2D eigenvalue weighted by atomic mass is 9.90. The van der Waals surface area contributed by atoms with Crippen molar-refractivity contribution in [3.8, 4) is 0 Å². The monoisotopic (exact) mass is 502 g/mol. The number of carbonyl (C=O) groups is 1. The molecule has 4 rings (SSSR count). The number of esters is 1. The minimum atomic E-state index is -0.626. The molecule has 7 nitrogen and oxygen atoms in total. The van der Waals surface area contributed by atoms with Gasteiger partial charge in [-0.15, -0.1) is 0 Å². The molecule has 0 amide bonds. The van der Waals surface area contributed by atoms with E-state index < -0.39 is 18.3 Å². The summed E-state index contributed by atoms with van der Waals surface area (Å²) in [6.07, 6.45) is 12.1. The molecular weight excluding hydrogens is 460 g/mol. The third-order valence-corrected chi connectivity index (χ3v) is 7.45. The minimum absolute atomic E-state index is 0.0348. The molecule has 0 unspecified atom stereocenters. The van der Waals surface area contributed by atoms with Crippen LogP contribution in [-0.4, -0.2) is 73.6 Å². The highest BCUT2D eigenvalue weighted by molar-refractivity contribution is 5.70. The lowest BCUT2D eigenvalue weighted by molar-refractivity contribution is -0.158. The second kappa shape index (κ2) is 12.7. The van der Waals surface area contributed by atoms with Gasteiger partial charge >= 0.3 is 5.97 Å². The smallest absolute Gasteiger partial charge is 0.309 e. The molecule has 0 aliphatic carbocycles. The summed E-state index contributed by atoms with van der Waals surface area (Å²) in [6.45, 7) is 9.07. The van der Waals surface area contributed by atoms with Crippen LogP contribution in [0.15, 0.2) is 48.1 Å². The van der Waals surface area contributed by atoms with Gasteiger partial charge in [0.15, 0.2) is 0 Å². The number of fused-ring (bicyclic) bond motifs is 3. The Morgan fingerprint density at radius 2 is 2.03 bits per heavy atom. The molecule has 0 aromatic heterocycles. The average Bonchev–Trinajstić information content (AvgIpc) is 3.58. The Labute approximate surface area is 215 Å². The molecule has 4 aliphatic heterocycles. The molecule has 1 N–H and O–H groups in total. The molecule has 4 aliphatic rings. The van der Waals surface area contributed by atoms with Crippen LogP contribution in [0.2, 0.25) is 0 Å². The van der Waals surface area contributed by atoms with Crippen LogP contribution in [0.1, 0.15) is 58.8 Å². The molecule has 9 atom stereocenters. The molecule has 200 valence electrons. The molecule has 0 spiro atoms. The highest BCUT2D eigenvalue weighted by atomic mass is 16.6. The van der Waals surface area contributed by atoms with Crippen LogP contribution in [0.5, 0.6) is 0 Å². The third kappa shape index (κ3) is 7.86. The first kappa shape index (κ1) is 27.3. The zero-order chi connectivity index (χ0) is 25.7. The predicted molar refractivity (Wildman–Crippen MR) is 136 cm³/mol. The summed E-state index contributed by atoms with van der Waals surface area (Å²) >= 11 is 0. The van der Waals surface area contributed by atoms with E-state index >= 15 is 0 Å². The SMILES string of the molecule is C=C1C[C@H](C)C[C@@H]2CC=C[C@@H](CC(=O)O[C@H]([C@H](/C=C/[C@@H]3CC(C)=CCO3)OC)C[C@@H]3O[C@H]3[C@@H](O)C1)O2. The molecule has 2 bridgehead atoms. The van der Waals surface area contributed by atoms with Gasteiger partial charge in [-0.05, 0) is 44.9 Å². The third-order valence-electron chi connectivity index (χ3n) is 7.45. The van der Waals surface area contributed by atoms with E-state index in [1.165, 1.54) is 5.57 Å². The fraction of sp³-hybridized carbons (Fsp3) is 0.690. The van der Waals surface area contributed by atoms with Gasteiger partial charge in [-0.25, -0.2) is 0 Å². The van der Waals surface area contributed by atoms with E-state index in [0.29, 0.717) is 25.4 Å². The van der Waals surface area contributed by atoms with E-state index in [2.05, 4.69) is 32.6 Å². The Morgan fingerprint density at radius 1 is 1.19 bits per heavy atom. The van der Waals surface area contributed by atoms with Crippen LogP contribution >= 0.6 is 0 Å². The summed E-state index contributed by atoms with van der Waals surface area (Å²) in [5.74, 6) is 0.0494. The van der Waals surface area contributed by atoms with Crippen molar-refractivity contribution >= 4 is 5.97 Å².